The SMILES string of the molecule is c1ccc(-c2ccc(N(c3ccc(-c4cc(-c5ccccc5)c5oc6ccccc6c5c4)cc3)c3ccc(-c4cc(-c5ccccc5)c5oc6ccccc6c5c4)cc3)cc2)cc1. The Hall–Kier alpha value is -8.40. The van der Waals surface area contributed by atoms with Crippen LogP contribution in [0.4, 0.5) is 17.1 Å². The molecule has 63 heavy (non-hydrogen) atoms. The quantitative estimate of drug-likeness (QED) is 0.153. The summed E-state index contributed by atoms with van der Waals surface area (Å²) in [6.07, 6.45) is 0. The van der Waals surface area contributed by atoms with E-state index in [1.807, 2.05) is 24.3 Å². The van der Waals surface area contributed by atoms with E-state index in [0.717, 1.165) is 105 Å². The third-order valence-electron chi connectivity index (χ3n) is 12.3. The van der Waals surface area contributed by atoms with E-state index in [0.29, 0.717) is 0 Å². The van der Waals surface area contributed by atoms with Crippen molar-refractivity contribution in [2.24, 2.45) is 0 Å². The Kier molecular flexibility index (Phi) is 8.83. The van der Waals surface area contributed by atoms with Crippen LogP contribution in [0.15, 0.2) is 245 Å². The molecule has 3 heteroatoms. The highest BCUT2D eigenvalue weighted by atomic mass is 16.3. The predicted octanol–water partition coefficient (Wildman–Crippen LogP) is 17.3. The molecule has 0 bridgehead atoms. The van der Waals surface area contributed by atoms with Gasteiger partial charge in [-0.2, -0.15) is 0 Å². The molecule has 0 saturated carbocycles. The number of nitrogens with zero attached hydrogens (tertiary/aromatic N) is 1. The van der Waals surface area contributed by atoms with Gasteiger partial charge in [-0.3, -0.25) is 0 Å². The number of anilines is 3. The van der Waals surface area contributed by atoms with Gasteiger partial charge in [0.15, 0.2) is 0 Å². The molecule has 2 aromatic heterocycles. The molecule has 12 rings (SSSR count). The second kappa shape index (κ2) is 15.3. The zero-order valence-electron chi connectivity index (χ0n) is 34.3. The Balaban J connectivity index is 0.959. The zero-order chi connectivity index (χ0) is 41.7. The monoisotopic (exact) mass is 805 g/mol. The van der Waals surface area contributed by atoms with Crippen molar-refractivity contribution in [2.45, 2.75) is 0 Å². The van der Waals surface area contributed by atoms with Crippen molar-refractivity contribution in [1.82, 2.24) is 0 Å². The first-order chi connectivity index (χ1) is 31.2. The molecular weight excluding hydrogens is 767 g/mol. The molecular formula is C60H39NO2. The van der Waals surface area contributed by atoms with Crippen molar-refractivity contribution in [1.29, 1.82) is 0 Å². The maximum atomic E-state index is 6.50. The molecule has 0 aliphatic rings. The van der Waals surface area contributed by atoms with Crippen LogP contribution in [0, 0.1) is 0 Å². The van der Waals surface area contributed by atoms with E-state index >= 15 is 0 Å². The number of benzene rings is 10. The lowest BCUT2D eigenvalue weighted by Crippen LogP contribution is -2.09. The van der Waals surface area contributed by atoms with Gasteiger partial charge in [0.25, 0.3) is 0 Å². The standard InChI is InChI=1S/C60H39NO2/c1-4-14-40(15-5-1)41-24-30-48(31-25-41)61(49-32-26-42(27-33-49)46-36-53(44-16-6-2-7-17-44)59-55(38-46)51-20-10-12-22-57(51)62-59)50-34-28-43(29-35-50)47-37-54(45-18-8-3-9-19-45)60-56(39-47)52-21-11-13-23-58(52)63-60/h1-39H. The molecule has 0 spiro atoms. The molecule has 0 unspecified atom stereocenters. The van der Waals surface area contributed by atoms with Crippen LogP contribution in [0.1, 0.15) is 0 Å². The average Bonchev–Trinajstić information content (AvgIpc) is 3.94. The average molecular weight is 806 g/mol. The summed E-state index contributed by atoms with van der Waals surface area (Å²) < 4.78 is 13.0. The van der Waals surface area contributed by atoms with Crippen LogP contribution < -0.4 is 4.90 Å². The molecule has 0 aliphatic heterocycles. The molecule has 0 radical (unpaired) electrons. The summed E-state index contributed by atoms with van der Waals surface area (Å²) >= 11 is 0. The smallest absolute Gasteiger partial charge is 0.143 e. The topological polar surface area (TPSA) is 29.5 Å². The molecule has 12 aromatic rings. The van der Waals surface area contributed by atoms with Gasteiger partial charge in [-0.15, -0.1) is 0 Å². The molecule has 0 saturated heterocycles. The Morgan fingerprint density at radius 1 is 0.238 bits per heavy atom. The molecule has 0 N–H and O–H groups in total. The van der Waals surface area contributed by atoms with Crippen LogP contribution in [-0.2, 0) is 0 Å². The number of hydrogen-bond acceptors (Lipinski definition) is 3. The normalized spacial score (nSPS) is 11.5. The van der Waals surface area contributed by atoms with E-state index in [1.54, 1.807) is 0 Å². The number of furan rings is 2. The Bertz CT molecular complexity index is 3370. The first-order valence-electron chi connectivity index (χ1n) is 21.4. The highest BCUT2D eigenvalue weighted by molar-refractivity contribution is 6.12. The van der Waals surface area contributed by atoms with Gasteiger partial charge in [-0.25, -0.2) is 0 Å². The van der Waals surface area contributed by atoms with Gasteiger partial charge in [0.1, 0.15) is 22.3 Å². The van der Waals surface area contributed by atoms with Crippen LogP contribution in [0.5, 0.6) is 0 Å². The van der Waals surface area contributed by atoms with Crippen LogP contribution in [0.3, 0.4) is 0 Å². The van der Waals surface area contributed by atoms with Gasteiger partial charge in [0, 0.05) is 49.7 Å². The summed E-state index contributed by atoms with van der Waals surface area (Å²) in [5.74, 6) is 0. The minimum Gasteiger partial charge on any atom is -0.455 e. The number of fused-ring (bicyclic) bond motifs is 6. The third-order valence-corrected chi connectivity index (χ3v) is 12.3. The lowest BCUT2D eigenvalue weighted by Gasteiger charge is -2.26. The molecule has 10 aromatic carbocycles. The van der Waals surface area contributed by atoms with Crippen LogP contribution in [0.25, 0.3) is 99.5 Å². The van der Waals surface area contributed by atoms with E-state index in [4.69, 9.17) is 8.83 Å². The van der Waals surface area contributed by atoms with Crippen molar-refractivity contribution in [2.75, 3.05) is 4.90 Å². The first kappa shape index (κ1) is 36.5. The minimum absolute atomic E-state index is 0.893. The molecule has 3 nitrogen and oxygen atoms in total. The molecule has 0 fully saturated rings. The molecule has 296 valence electrons. The van der Waals surface area contributed by atoms with Crippen molar-refractivity contribution >= 4 is 60.9 Å². The fourth-order valence-corrected chi connectivity index (χ4v) is 9.14. The van der Waals surface area contributed by atoms with Crippen LogP contribution >= 0.6 is 0 Å². The number of rotatable bonds is 8. The highest BCUT2D eigenvalue weighted by Crippen LogP contribution is 2.43. The molecule has 0 atom stereocenters. The Labute approximate surface area is 365 Å². The molecule has 0 amide bonds. The fraction of sp³-hybridized carbons (Fsp3) is 0. The second-order valence-electron chi connectivity index (χ2n) is 16.1. The van der Waals surface area contributed by atoms with E-state index in [1.165, 1.54) is 11.1 Å². The number of hydrogen-bond donors (Lipinski definition) is 0. The minimum atomic E-state index is 0.893. The van der Waals surface area contributed by atoms with Gasteiger partial charge in [-0.1, -0.05) is 164 Å². The summed E-state index contributed by atoms with van der Waals surface area (Å²) in [5.41, 5.74) is 18.1. The maximum Gasteiger partial charge on any atom is 0.143 e. The third kappa shape index (κ3) is 6.55. The predicted molar refractivity (Wildman–Crippen MR) is 263 cm³/mol. The van der Waals surface area contributed by atoms with Crippen molar-refractivity contribution in [3.8, 4) is 55.6 Å². The lowest BCUT2D eigenvalue weighted by atomic mass is 9.95. The Morgan fingerprint density at radius 3 is 0.952 bits per heavy atom. The van der Waals surface area contributed by atoms with E-state index in [2.05, 4.69) is 217 Å². The van der Waals surface area contributed by atoms with Crippen molar-refractivity contribution in [3.05, 3.63) is 237 Å². The summed E-state index contributed by atoms with van der Waals surface area (Å²) in [6.45, 7) is 0. The summed E-state index contributed by atoms with van der Waals surface area (Å²) in [6, 6.07) is 84.1. The second-order valence-corrected chi connectivity index (χ2v) is 16.1. The lowest BCUT2D eigenvalue weighted by molar-refractivity contribution is 0.669. The van der Waals surface area contributed by atoms with Gasteiger partial charge < -0.3 is 13.7 Å². The van der Waals surface area contributed by atoms with E-state index in [9.17, 15) is 0 Å². The number of para-hydroxylation sites is 2. The maximum absolute atomic E-state index is 6.50. The first-order valence-corrected chi connectivity index (χ1v) is 21.4. The summed E-state index contributed by atoms with van der Waals surface area (Å²) in [7, 11) is 0. The summed E-state index contributed by atoms with van der Waals surface area (Å²) in [4.78, 5) is 2.34. The van der Waals surface area contributed by atoms with Gasteiger partial charge in [-0.05, 0) is 117 Å². The van der Waals surface area contributed by atoms with Crippen LogP contribution in [-0.4, -0.2) is 0 Å². The summed E-state index contributed by atoms with van der Waals surface area (Å²) in [5, 5.41) is 4.46. The Morgan fingerprint density at radius 2 is 0.556 bits per heavy atom. The van der Waals surface area contributed by atoms with Crippen molar-refractivity contribution in [3.63, 3.8) is 0 Å². The highest BCUT2D eigenvalue weighted by Gasteiger charge is 2.19. The van der Waals surface area contributed by atoms with Gasteiger partial charge in [0.2, 0.25) is 0 Å². The fourth-order valence-electron chi connectivity index (χ4n) is 9.14. The van der Waals surface area contributed by atoms with Gasteiger partial charge in [0.05, 0.1) is 0 Å². The van der Waals surface area contributed by atoms with Gasteiger partial charge >= 0.3 is 0 Å². The molecule has 0 aliphatic carbocycles. The largest absolute Gasteiger partial charge is 0.455 e. The van der Waals surface area contributed by atoms with Crippen LogP contribution in [0.2, 0.25) is 0 Å². The van der Waals surface area contributed by atoms with E-state index < -0.39 is 0 Å². The van der Waals surface area contributed by atoms with Crippen molar-refractivity contribution < 1.29 is 8.83 Å². The zero-order valence-corrected chi connectivity index (χ0v) is 34.3. The van der Waals surface area contributed by atoms with E-state index in [-0.39, 0.29) is 0 Å². The molecule has 2 heterocycles.